The van der Waals surface area contributed by atoms with Crippen molar-refractivity contribution in [2.24, 2.45) is 5.92 Å². The van der Waals surface area contributed by atoms with Crippen LogP contribution in [0, 0.1) is 28.6 Å². The third-order valence-corrected chi connectivity index (χ3v) is 12.0. The fourth-order valence-electron chi connectivity index (χ4n) is 8.72. The lowest BCUT2D eigenvalue weighted by Gasteiger charge is -2.46. The highest BCUT2D eigenvalue weighted by Crippen LogP contribution is 2.37. The maximum Gasteiger partial charge on any atom is 0.234 e. The highest BCUT2D eigenvalue weighted by molar-refractivity contribution is 6.01. The summed E-state index contributed by atoms with van der Waals surface area (Å²) in [4.78, 5) is 38.2. The summed E-state index contributed by atoms with van der Waals surface area (Å²) in [5, 5.41) is 38.9. The summed E-state index contributed by atoms with van der Waals surface area (Å²) in [6.07, 6.45) is 13.4. The number of nitriles is 2. The Labute approximate surface area is 331 Å². The van der Waals surface area contributed by atoms with Crippen LogP contribution in [0.4, 0.5) is 11.4 Å². The number of pyridine rings is 2. The molecule has 0 spiro atoms. The average Bonchev–Trinajstić information content (AvgIpc) is 3.89. The topological polar surface area (TPSA) is 187 Å². The van der Waals surface area contributed by atoms with Crippen LogP contribution in [0.3, 0.4) is 0 Å². The van der Waals surface area contributed by atoms with Gasteiger partial charge in [0.2, 0.25) is 11.8 Å². The van der Waals surface area contributed by atoms with Crippen molar-refractivity contribution in [1.82, 2.24) is 45.0 Å². The minimum Gasteiger partial charge on any atom is -0.368 e. The van der Waals surface area contributed by atoms with Gasteiger partial charge in [-0.2, -0.15) is 20.3 Å². The van der Waals surface area contributed by atoms with Crippen molar-refractivity contribution in [2.75, 3.05) is 29.9 Å². The van der Waals surface area contributed by atoms with E-state index in [2.05, 4.69) is 83.9 Å². The Morgan fingerprint density at radius 2 is 1.77 bits per heavy atom. The van der Waals surface area contributed by atoms with E-state index in [0.29, 0.717) is 65.2 Å². The van der Waals surface area contributed by atoms with Crippen LogP contribution in [0.5, 0.6) is 0 Å². The van der Waals surface area contributed by atoms with E-state index in [0.717, 1.165) is 62.0 Å². The lowest BCUT2D eigenvalue weighted by atomic mass is 9.79. The van der Waals surface area contributed by atoms with Crippen LogP contribution in [0.15, 0.2) is 61.2 Å². The first kappa shape index (κ1) is 37.7. The van der Waals surface area contributed by atoms with Crippen molar-refractivity contribution < 1.29 is 9.59 Å². The van der Waals surface area contributed by atoms with E-state index >= 15 is 0 Å². The number of amides is 2. The molecule has 57 heavy (non-hydrogen) atoms. The zero-order valence-electron chi connectivity index (χ0n) is 32.5. The van der Waals surface area contributed by atoms with Gasteiger partial charge in [0.15, 0.2) is 11.5 Å². The molecule has 2 amide bonds. The molecule has 15 nitrogen and oxygen atoms in total. The molecular weight excluding hydrogens is 719 g/mol. The standard InChI is InChI=1S/C42H47N13O2/c1-26(18-43)48-36-17-39(55-41-33(21-47-55)16-30(19-44)20-46-41)45-22-38(36)54-25-37(50-51-54)32-6-4-29(5-7-32)14-15-52-23-28(3)53(24-27(52)2)34-10-8-31(9-11-34)35-12-13-40(56)49-42(35)57/h8-11,16-17,20-22,25-29,32,35H,4-7,12-15,23-24H2,1-3H3,(H,45,48)(H,49,56,57)/t26-,27-,28+,29?,32?,35?/m1/s1. The average molecular weight is 766 g/mol. The van der Waals surface area contributed by atoms with E-state index < -0.39 is 6.04 Å². The summed E-state index contributed by atoms with van der Waals surface area (Å²) in [6, 6.07) is 16.6. The first-order valence-electron chi connectivity index (χ1n) is 19.9. The van der Waals surface area contributed by atoms with E-state index in [1.54, 1.807) is 34.7 Å². The summed E-state index contributed by atoms with van der Waals surface area (Å²) in [6.45, 7) is 9.46. The molecule has 1 aliphatic carbocycles. The number of hydrogen-bond donors (Lipinski definition) is 2. The Morgan fingerprint density at radius 3 is 2.53 bits per heavy atom. The van der Waals surface area contributed by atoms with Crippen LogP contribution in [-0.2, 0) is 9.59 Å². The molecule has 1 aromatic carbocycles. The van der Waals surface area contributed by atoms with Crippen molar-refractivity contribution in [3.8, 4) is 23.6 Å². The summed E-state index contributed by atoms with van der Waals surface area (Å²) >= 11 is 0. The van der Waals surface area contributed by atoms with E-state index in [4.69, 9.17) is 0 Å². The summed E-state index contributed by atoms with van der Waals surface area (Å²) in [7, 11) is 0. The number of anilines is 2. The van der Waals surface area contributed by atoms with E-state index in [9.17, 15) is 20.1 Å². The first-order valence-corrected chi connectivity index (χ1v) is 19.9. The van der Waals surface area contributed by atoms with E-state index in [1.807, 2.05) is 24.4 Å². The number of benzene rings is 1. The molecule has 8 rings (SSSR count). The molecule has 0 radical (unpaired) electrons. The van der Waals surface area contributed by atoms with Gasteiger partial charge < -0.3 is 10.2 Å². The number of fused-ring (bicyclic) bond motifs is 1. The summed E-state index contributed by atoms with van der Waals surface area (Å²) in [5.41, 5.74) is 5.49. The Bertz CT molecular complexity index is 2350. The van der Waals surface area contributed by atoms with Gasteiger partial charge in [-0.05, 0) is 95.5 Å². The predicted octanol–water partition coefficient (Wildman–Crippen LogP) is 5.38. The zero-order chi connectivity index (χ0) is 39.6. The second-order valence-corrected chi connectivity index (χ2v) is 15.9. The third kappa shape index (κ3) is 7.93. The van der Waals surface area contributed by atoms with Gasteiger partial charge in [0.05, 0.1) is 47.5 Å². The Morgan fingerprint density at radius 1 is 0.965 bits per heavy atom. The highest BCUT2D eigenvalue weighted by Gasteiger charge is 2.32. The number of piperidine rings is 1. The van der Waals surface area contributed by atoms with Gasteiger partial charge >= 0.3 is 0 Å². The second-order valence-electron chi connectivity index (χ2n) is 15.9. The van der Waals surface area contributed by atoms with Crippen LogP contribution in [0.1, 0.15) is 94.4 Å². The van der Waals surface area contributed by atoms with Gasteiger partial charge in [-0.1, -0.05) is 17.3 Å². The molecule has 2 N–H and O–H groups in total. The van der Waals surface area contributed by atoms with Crippen LogP contribution in [0.2, 0.25) is 0 Å². The quantitative estimate of drug-likeness (QED) is 0.173. The molecule has 5 aromatic rings. The molecule has 4 atom stereocenters. The Hall–Kier alpha value is -6.19. The maximum absolute atomic E-state index is 12.4. The zero-order valence-corrected chi connectivity index (χ0v) is 32.5. The monoisotopic (exact) mass is 765 g/mol. The highest BCUT2D eigenvalue weighted by atomic mass is 16.2. The van der Waals surface area contributed by atoms with Crippen LogP contribution >= 0.6 is 0 Å². The van der Waals surface area contributed by atoms with E-state index in [1.165, 1.54) is 18.3 Å². The van der Waals surface area contributed by atoms with Gasteiger partial charge in [-0.25, -0.2) is 14.6 Å². The lowest BCUT2D eigenvalue weighted by molar-refractivity contribution is -0.134. The number of carbonyl (C=O) groups is 2. The molecule has 3 aliphatic rings. The van der Waals surface area contributed by atoms with Crippen LogP contribution in [0.25, 0.3) is 22.5 Å². The number of nitrogens with one attached hydrogen (secondary N) is 2. The largest absolute Gasteiger partial charge is 0.368 e. The fourth-order valence-corrected chi connectivity index (χ4v) is 8.72. The van der Waals surface area contributed by atoms with Gasteiger partial charge in [0.1, 0.15) is 17.8 Å². The van der Waals surface area contributed by atoms with E-state index in [-0.39, 0.29) is 17.7 Å². The number of nitrogens with zero attached hydrogens (tertiary/aromatic N) is 11. The van der Waals surface area contributed by atoms with Gasteiger partial charge in [0.25, 0.3) is 0 Å². The summed E-state index contributed by atoms with van der Waals surface area (Å²) in [5.74, 6) is 0.883. The smallest absolute Gasteiger partial charge is 0.234 e. The fraction of sp³-hybridized carbons (Fsp3) is 0.452. The number of rotatable bonds is 10. The third-order valence-electron chi connectivity index (χ3n) is 12.0. The van der Waals surface area contributed by atoms with Crippen LogP contribution < -0.4 is 15.5 Å². The van der Waals surface area contributed by atoms with Crippen LogP contribution in [-0.4, -0.2) is 89.2 Å². The van der Waals surface area contributed by atoms with Gasteiger partial charge in [-0.15, -0.1) is 5.10 Å². The van der Waals surface area contributed by atoms with Gasteiger partial charge in [-0.3, -0.25) is 19.8 Å². The minimum atomic E-state index is -0.469. The molecule has 292 valence electrons. The SMILES string of the molecule is C[C@H](C#N)Nc1cc(-n2ncc3cc(C#N)cnc32)ncc1-n1cc(C2CCC(CCN3C[C@H](C)N(c4ccc(C5CCC(=O)NC5=O)cc4)C[C@H]3C)CC2)nn1. The van der Waals surface area contributed by atoms with Crippen molar-refractivity contribution in [3.05, 3.63) is 78.0 Å². The molecule has 15 heteroatoms. The molecule has 6 heterocycles. The predicted molar refractivity (Wildman–Crippen MR) is 214 cm³/mol. The summed E-state index contributed by atoms with van der Waals surface area (Å²) < 4.78 is 3.35. The van der Waals surface area contributed by atoms with Gasteiger partial charge in [0, 0.05) is 60.8 Å². The number of imide groups is 1. The molecule has 0 bridgehead atoms. The number of hydrogen-bond acceptors (Lipinski definition) is 12. The van der Waals surface area contributed by atoms with Crippen molar-refractivity contribution in [2.45, 2.75) is 95.7 Å². The molecule has 2 aliphatic heterocycles. The number of aromatic nitrogens is 7. The number of carbonyl (C=O) groups excluding carboxylic acids is 2. The first-order chi connectivity index (χ1) is 27.7. The number of piperazine rings is 1. The Balaban J connectivity index is 0.859. The Kier molecular flexibility index (Phi) is 10.7. The molecule has 1 unspecified atom stereocenters. The molecule has 2 saturated heterocycles. The molecule has 3 fully saturated rings. The minimum absolute atomic E-state index is 0.185. The maximum atomic E-state index is 12.4. The van der Waals surface area contributed by atoms with Crippen molar-refractivity contribution in [3.63, 3.8) is 0 Å². The molecular formula is C42H47N13O2. The molecule has 4 aromatic heterocycles. The van der Waals surface area contributed by atoms with Crippen molar-refractivity contribution in [1.29, 1.82) is 10.5 Å². The second kappa shape index (κ2) is 16.1. The lowest BCUT2D eigenvalue weighted by Crippen LogP contribution is -2.56. The van der Waals surface area contributed by atoms with Crippen molar-refractivity contribution >= 4 is 34.2 Å². The normalized spacial score (nSPS) is 23.5. The molecule has 1 saturated carbocycles.